The van der Waals surface area contributed by atoms with E-state index in [1.807, 2.05) is 42.5 Å². The number of halogens is 1. The first-order valence-corrected chi connectivity index (χ1v) is 11.9. The predicted molar refractivity (Wildman–Crippen MR) is 124 cm³/mol. The van der Waals surface area contributed by atoms with Crippen LogP contribution in [0.15, 0.2) is 59.8 Å². The third-order valence-electron chi connectivity index (χ3n) is 5.31. The zero-order valence-electron chi connectivity index (χ0n) is 17.3. The van der Waals surface area contributed by atoms with Gasteiger partial charge < -0.3 is 9.88 Å². The van der Waals surface area contributed by atoms with Gasteiger partial charge in [-0.2, -0.15) is 0 Å². The van der Waals surface area contributed by atoms with E-state index in [1.54, 1.807) is 0 Å². The van der Waals surface area contributed by atoms with Gasteiger partial charge in [0.15, 0.2) is 5.16 Å². The summed E-state index contributed by atoms with van der Waals surface area (Å²) < 4.78 is 2.14. The fourth-order valence-corrected chi connectivity index (χ4v) is 4.61. The van der Waals surface area contributed by atoms with E-state index in [4.69, 9.17) is 11.6 Å². The minimum atomic E-state index is -0.0553. The highest BCUT2D eigenvalue weighted by molar-refractivity contribution is 7.99. The number of hydrogen-bond acceptors (Lipinski definition) is 5. The molecule has 0 aliphatic carbocycles. The Balaban J connectivity index is 1.41. The molecule has 0 unspecified atom stereocenters. The number of benzene rings is 2. The van der Waals surface area contributed by atoms with E-state index in [9.17, 15) is 4.79 Å². The molecular weight excluding hydrogens is 430 g/mol. The summed E-state index contributed by atoms with van der Waals surface area (Å²) in [5.41, 5.74) is 2.10. The summed E-state index contributed by atoms with van der Waals surface area (Å²) in [6.45, 7) is 4.10. The van der Waals surface area contributed by atoms with Crippen LogP contribution in [0.5, 0.6) is 0 Å². The van der Waals surface area contributed by atoms with Gasteiger partial charge in [-0.3, -0.25) is 9.69 Å². The number of rotatable bonds is 9. The highest BCUT2D eigenvalue weighted by atomic mass is 35.5. The van der Waals surface area contributed by atoms with Crippen LogP contribution in [-0.2, 0) is 24.4 Å². The molecule has 1 aromatic heterocycles. The summed E-state index contributed by atoms with van der Waals surface area (Å²) in [5.74, 6) is 1.17. The second-order valence-corrected chi connectivity index (χ2v) is 8.96. The van der Waals surface area contributed by atoms with Crippen LogP contribution >= 0.6 is 23.4 Å². The molecule has 0 saturated carbocycles. The molecule has 1 N–H and O–H groups in total. The number of nitrogens with one attached hydrogen (secondary N) is 1. The SMILES string of the molecule is O=C(CSc1nnc(CN2CCCC2)n1Cc1ccccc1)NCc1ccccc1Cl. The van der Waals surface area contributed by atoms with Crippen LogP contribution in [0.1, 0.15) is 29.8 Å². The molecule has 2 aromatic carbocycles. The van der Waals surface area contributed by atoms with Crippen molar-refractivity contribution in [1.82, 2.24) is 25.0 Å². The van der Waals surface area contributed by atoms with E-state index >= 15 is 0 Å². The highest BCUT2D eigenvalue weighted by Gasteiger charge is 2.19. The Bertz CT molecular complexity index is 1000. The topological polar surface area (TPSA) is 63.1 Å². The van der Waals surface area contributed by atoms with Gasteiger partial charge in [0.05, 0.1) is 18.8 Å². The van der Waals surface area contributed by atoms with Crippen molar-refractivity contribution in [3.8, 4) is 0 Å². The molecule has 4 rings (SSSR count). The fraction of sp³-hybridized carbons (Fsp3) is 0.348. The van der Waals surface area contributed by atoms with Crippen molar-refractivity contribution in [2.75, 3.05) is 18.8 Å². The lowest BCUT2D eigenvalue weighted by atomic mass is 10.2. The number of thioether (sulfide) groups is 1. The first kappa shape index (κ1) is 21.9. The molecule has 162 valence electrons. The molecular formula is C23H26ClN5OS. The van der Waals surface area contributed by atoms with Crippen LogP contribution in [0.4, 0.5) is 0 Å². The van der Waals surface area contributed by atoms with Crippen LogP contribution in [0.25, 0.3) is 0 Å². The molecule has 1 amide bonds. The standard InChI is InChI=1S/C23H26ClN5OS/c24-20-11-5-4-10-19(20)14-25-22(30)17-31-23-27-26-21(16-28-12-6-7-13-28)29(23)15-18-8-2-1-3-9-18/h1-5,8-11H,6-7,12-17H2,(H,25,30). The van der Waals surface area contributed by atoms with Crippen LogP contribution in [-0.4, -0.2) is 44.4 Å². The van der Waals surface area contributed by atoms with Crippen molar-refractivity contribution >= 4 is 29.3 Å². The van der Waals surface area contributed by atoms with Gasteiger partial charge in [0.1, 0.15) is 5.82 Å². The average Bonchev–Trinajstić information content (AvgIpc) is 3.43. The minimum Gasteiger partial charge on any atom is -0.351 e. The zero-order valence-corrected chi connectivity index (χ0v) is 18.9. The molecule has 8 heteroatoms. The van der Waals surface area contributed by atoms with E-state index in [-0.39, 0.29) is 11.7 Å². The number of nitrogens with zero attached hydrogens (tertiary/aromatic N) is 4. The lowest BCUT2D eigenvalue weighted by Crippen LogP contribution is -2.25. The number of likely N-dealkylation sites (tertiary alicyclic amines) is 1. The average molecular weight is 456 g/mol. The molecule has 1 aliphatic rings. The molecule has 1 fully saturated rings. The third kappa shape index (κ3) is 6.09. The summed E-state index contributed by atoms with van der Waals surface area (Å²) in [7, 11) is 0. The maximum Gasteiger partial charge on any atom is 0.230 e. The van der Waals surface area contributed by atoms with Gasteiger partial charge in [-0.15, -0.1) is 10.2 Å². The number of amides is 1. The van der Waals surface area contributed by atoms with Gasteiger partial charge in [-0.05, 0) is 43.1 Å². The molecule has 1 aliphatic heterocycles. The Morgan fingerprint density at radius 2 is 1.74 bits per heavy atom. The summed E-state index contributed by atoms with van der Waals surface area (Å²) in [6.07, 6.45) is 2.47. The Labute approximate surface area is 192 Å². The molecule has 6 nitrogen and oxygen atoms in total. The number of hydrogen-bond donors (Lipinski definition) is 1. The van der Waals surface area contributed by atoms with Crippen LogP contribution in [0.3, 0.4) is 0 Å². The van der Waals surface area contributed by atoms with Crippen molar-refractivity contribution in [3.63, 3.8) is 0 Å². The maximum absolute atomic E-state index is 12.4. The van der Waals surface area contributed by atoms with Gasteiger partial charge in [-0.25, -0.2) is 0 Å². The monoisotopic (exact) mass is 455 g/mol. The van der Waals surface area contributed by atoms with Gasteiger partial charge in [0.2, 0.25) is 5.91 Å². The van der Waals surface area contributed by atoms with Gasteiger partial charge in [-0.1, -0.05) is 71.9 Å². The Morgan fingerprint density at radius 3 is 2.52 bits per heavy atom. The molecule has 0 radical (unpaired) electrons. The van der Waals surface area contributed by atoms with Crippen LogP contribution in [0, 0.1) is 0 Å². The van der Waals surface area contributed by atoms with E-state index in [0.29, 0.717) is 18.1 Å². The quantitative estimate of drug-likeness (QED) is 0.494. The number of carbonyl (C=O) groups excluding carboxylic acids is 1. The minimum absolute atomic E-state index is 0.0553. The lowest BCUT2D eigenvalue weighted by molar-refractivity contribution is -0.118. The van der Waals surface area contributed by atoms with Gasteiger partial charge in [0.25, 0.3) is 0 Å². The van der Waals surface area contributed by atoms with Crippen molar-refractivity contribution in [2.24, 2.45) is 0 Å². The molecule has 31 heavy (non-hydrogen) atoms. The zero-order chi connectivity index (χ0) is 21.5. The normalized spacial score (nSPS) is 14.1. The van der Waals surface area contributed by atoms with Gasteiger partial charge >= 0.3 is 0 Å². The molecule has 3 aromatic rings. The highest BCUT2D eigenvalue weighted by Crippen LogP contribution is 2.21. The van der Waals surface area contributed by atoms with E-state index in [0.717, 1.165) is 36.2 Å². The summed E-state index contributed by atoms with van der Waals surface area (Å²) in [6, 6.07) is 17.8. The van der Waals surface area contributed by atoms with Crippen molar-refractivity contribution in [3.05, 3.63) is 76.6 Å². The summed E-state index contributed by atoms with van der Waals surface area (Å²) >= 11 is 7.59. The third-order valence-corrected chi connectivity index (χ3v) is 6.64. The predicted octanol–water partition coefficient (Wildman–Crippen LogP) is 3.98. The van der Waals surface area contributed by atoms with Gasteiger partial charge in [0, 0.05) is 11.6 Å². The first-order chi connectivity index (χ1) is 15.2. The van der Waals surface area contributed by atoms with E-state index in [2.05, 4.69) is 37.1 Å². The van der Waals surface area contributed by atoms with Crippen molar-refractivity contribution in [1.29, 1.82) is 0 Å². The molecule has 1 saturated heterocycles. The molecule has 0 atom stereocenters. The van der Waals surface area contributed by atoms with Crippen molar-refractivity contribution < 1.29 is 4.79 Å². The smallest absolute Gasteiger partial charge is 0.230 e. The number of aromatic nitrogens is 3. The first-order valence-electron chi connectivity index (χ1n) is 10.5. The van der Waals surface area contributed by atoms with Crippen LogP contribution in [0.2, 0.25) is 5.02 Å². The fourth-order valence-electron chi connectivity index (χ4n) is 3.62. The Kier molecular flexibility index (Phi) is 7.61. The largest absolute Gasteiger partial charge is 0.351 e. The lowest BCUT2D eigenvalue weighted by Gasteiger charge is -2.16. The van der Waals surface area contributed by atoms with Crippen LogP contribution < -0.4 is 5.32 Å². The molecule has 0 bridgehead atoms. The number of carbonyl (C=O) groups is 1. The summed E-state index contributed by atoms with van der Waals surface area (Å²) in [5, 5.41) is 13.2. The Hall–Kier alpha value is -2.35. The summed E-state index contributed by atoms with van der Waals surface area (Å²) in [4.78, 5) is 14.8. The second kappa shape index (κ2) is 10.8. The Morgan fingerprint density at radius 1 is 1.00 bits per heavy atom. The second-order valence-electron chi connectivity index (χ2n) is 7.61. The van der Waals surface area contributed by atoms with E-state index < -0.39 is 0 Å². The van der Waals surface area contributed by atoms with E-state index in [1.165, 1.54) is 30.2 Å². The molecule has 0 spiro atoms. The maximum atomic E-state index is 12.4. The molecule has 2 heterocycles. The van der Waals surface area contributed by atoms with Crippen molar-refractivity contribution in [2.45, 2.75) is 37.6 Å².